The number of imidazole rings is 1. The molecule has 0 aliphatic carbocycles. The number of piperidine rings is 1. The van der Waals surface area contributed by atoms with Crippen molar-refractivity contribution in [2.75, 3.05) is 31.6 Å². The quantitative estimate of drug-likeness (QED) is 0.194. The van der Waals surface area contributed by atoms with Gasteiger partial charge in [-0.2, -0.15) is 5.10 Å². The summed E-state index contributed by atoms with van der Waals surface area (Å²) in [5.74, 6) is -0.952. The number of thiophene rings is 1. The number of fused-ring (bicyclic) bond motifs is 1. The van der Waals surface area contributed by atoms with Gasteiger partial charge in [0, 0.05) is 56.3 Å². The first-order chi connectivity index (χ1) is 22.4. The number of carbonyl (C=O) groups excluding carboxylic acids is 1. The van der Waals surface area contributed by atoms with Gasteiger partial charge in [-0.15, -0.1) is 11.3 Å². The van der Waals surface area contributed by atoms with E-state index in [-0.39, 0.29) is 33.3 Å². The van der Waals surface area contributed by atoms with Crippen LogP contribution in [0.15, 0.2) is 55.1 Å². The molecule has 1 aliphatic rings. The number of aromatic nitrogens is 4. The molecule has 0 bridgehead atoms. The molecule has 1 amide bonds. The molecule has 15 heteroatoms. The predicted molar refractivity (Wildman–Crippen MR) is 180 cm³/mol. The summed E-state index contributed by atoms with van der Waals surface area (Å²) in [6.07, 6.45) is 6.85. The van der Waals surface area contributed by atoms with Crippen LogP contribution in [0, 0.1) is 5.82 Å². The fourth-order valence-corrected chi connectivity index (χ4v) is 7.48. The molecule has 47 heavy (non-hydrogen) atoms. The smallest absolute Gasteiger partial charge is 0.262 e. The van der Waals surface area contributed by atoms with Crippen molar-refractivity contribution in [1.29, 1.82) is 0 Å². The van der Waals surface area contributed by atoms with Crippen molar-refractivity contribution >= 4 is 49.7 Å². The zero-order valence-corrected chi connectivity index (χ0v) is 28.4. The minimum Gasteiger partial charge on any atom is -0.486 e. The summed E-state index contributed by atoms with van der Waals surface area (Å²) < 4.78 is 53.9. The second-order valence-corrected chi connectivity index (χ2v) is 15.4. The van der Waals surface area contributed by atoms with Crippen molar-refractivity contribution in [2.24, 2.45) is 12.8 Å². The lowest BCUT2D eigenvalue weighted by atomic mass is 10.1. The minimum atomic E-state index is -3.05. The molecule has 0 saturated carbocycles. The van der Waals surface area contributed by atoms with E-state index in [4.69, 9.17) is 26.8 Å². The van der Waals surface area contributed by atoms with E-state index in [1.165, 1.54) is 29.7 Å². The lowest BCUT2D eigenvalue weighted by Crippen LogP contribution is -2.40. The second-order valence-electron chi connectivity index (χ2n) is 11.7. The SMILES string of the molecule is C[C@@H](Oc1cc(-n2cnc3cc(-c4cnn(C)c4)ccc32)sc1C(N)=O)c1ccc(F)c(OC2CCN(CCS(C)(=O)=O)CC2)c1Cl. The van der Waals surface area contributed by atoms with Crippen LogP contribution in [0.25, 0.3) is 27.2 Å². The summed E-state index contributed by atoms with van der Waals surface area (Å²) in [7, 11) is -1.19. The molecule has 0 unspecified atom stereocenters. The van der Waals surface area contributed by atoms with E-state index in [2.05, 4.69) is 15.0 Å². The Morgan fingerprint density at radius 2 is 1.96 bits per heavy atom. The van der Waals surface area contributed by atoms with Gasteiger partial charge in [0.05, 0.1) is 28.0 Å². The average Bonchev–Trinajstić information content (AvgIpc) is 3.76. The Kier molecular flexibility index (Phi) is 9.29. The molecular formula is C32H34ClFN6O5S2. The molecule has 2 N–H and O–H groups in total. The molecule has 0 radical (unpaired) electrons. The Morgan fingerprint density at radius 3 is 2.64 bits per heavy atom. The second kappa shape index (κ2) is 13.3. The summed E-state index contributed by atoms with van der Waals surface area (Å²) in [4.78, 5) is 19.3. The van der Waals surface area contributed by atoms with Crippen molar-refractivity contribution in [1.82, 2.24) is 24.2 Å². The van der Waals surface area contributed by atoms with Gasteiger partial charge >= 0.3 is 0 Å². The summed E-state index contributed by atoms with van der Waals surface area (Å²) in [6, 6.07) is 10.5. The van der Waals surface area contributed by atoms with Crippen LogP contribution in [-0.2, 0) is 16.9 Å². The number of ether oxygens (including phenoxy) is 2. The van der Waals surface area contributed by atoms with Crippen LogP contribution >= 0.6 is 22.9 Å². The lowest BCUT2D eigenvalue weighted by molar-refractivity contribution is 0.0992. The third-order valence-electron chi connectivity index (χ3n) is 8.15. The highest BCUT2D eigenvalue weighted by atomic mass is 35.5. The zero-order chi connectivity index (χ0) is 33.5. The van der Waals surface area contributed by atoms with E-state index in [1.807, 2.05) is 36.0 Å². The highest BCUT2D eigenvalue weighted by Crippen LogP contribution is 2.40. The van der Waals surface area contributed by atoms with Crippen LogP contribution in [0.4, 0.5) is 4.39 Å². The Labute approximate surface area is 280 Å². The Hall–Kier alpha value is -3.98. The van der Waals surface area contributed by atoms with E-state index in [9.17, 15) is 17.6 Å². The molecule has 4 heterocycles. The van der Waals surface area contributed by atoms with Crippen molar-refractivity contribution in [3.8, 4) is 27.6 Å². The number of benzene rings is 2. The van der Waals surface area contributed by atoms with E-state index < -0.39 is 27.7 Å². The number of primary amides is 1. The van der Waals surface area contributed by atoms with Gasteiger partial charge in [0.2, 0.25) is 0 Å². The van der Waals surface area contributed by atoms with Gasteiger partial charge < -0.3 is 20.1 Å². The van der Waals surface area contributed by atoms with Crippen molar-refractivity contribution in [2.45, 2.75) is 32.0 Å². The summed E-state index contributed by atoms with van der Waals surface area (Å²) >= 11 is 7.88. The number of carbonyl (C=O) groups is 1. The number of rotatable bonds is 11. The summed E-state index contributed by atoms with van der Waals surface area (Å²) in [5, 5.41) is 5.00. The summed E-state index contributed by atoms with van der Waals surface area (Å²) in [5.41, 5.74) is 9.78. The third kappa shape index (κ3) is 7.30. The third-order valence-corrected chi connectivity index (χ3v) is 10.6. The van der Waals surface area contributed by atoms with Crippen molar-refractivity contribution in [3.05, 3.63) is 76.4 Å². The maximum atomic E-state index is 15.0. The Balaban J connectivity index is 1.19. The molecule has 1 aliphatic heterocycles. The van der Waals surface area contributed by atoms with Crippen molar-refractivity contribution < 1.29 is 27.1 Å². The number of likely N-dealkylation sites (tertiary alicyclic amines) is 1. The monoisotopic (exact) mass is 700 g/mol. The summed E-state index contributed by atoms with van der Waals surface area (Å²) in [6.45, 7) is 3.46. The van der Waals surface area contributed by atoms with Gasteiger partial charge in [-0.3, -0.25) is 14.0 Å². The van der Waals surface area contributed by atoms with Gasteiger partial charge in [0.15, 0.2) is 11.6 Å². The Bertz CT molecular complexity index is 2050. The lowest BCUT2D eigenvalue weighted by Gasteiger charge is -2.32. The van der Waals surface area contributed by atoms with Crippen LogP contribution < -0.4 is 15.2 Å². The fourth-order valence-electron chi connectivity index (χ4n) is 5.61. The number of aryl methyl sites for hydroxylation is 1. The largest absolute Gasteiger partial charge is 0.486 e. The molecule has 1 fully saturated rings. The van der Waals surface area contributed by atoms with E-state index in [1.54, 1.807) is 30.2 Å². The maximum absolute atomic E-state index is 15.0. The normalized spacial score (nSPS) is 15.3. The zero-order valence-electron chi connectivity index (χ0n) is 26.0. The first kappa shape index (κ1) is 32.9. The molecule has 2 aromatic carbocycles. The predicted octanol–water partition coefficient (Wildman–Crippen LogP) is 5.41. The van der Waals surface area contributed by atoms with Crippen LogP contribution in [0.5, 0.6) is 11.5 Å². The van der Waals surface area contributed by atoms with Gasteiger partial charge in [-0.1, -0.05) is 23.7 Å². The number of halogens is 2. The number of nitrogens with zero attached hydrogens (tertiary/aromatic N) is 5. The number of sulfone groups is 1. The van der Waals surface area contributed by atoms with Gasteiger partial charge in [0.1, 0.15) is 44.0 Å². The fraction of sp³-hybridized carbons (Fsp3) is 0.344. The Morgan fingerprint density at radius 1 is 1.19 bits per heavy atom. The topological polar surface area (TPSA) is 135 Å². The highest BCUT2D eigenvalue weighted by molar-refractivity contribution is 7.90. The number of nitrogens with two attached hydrogens (primary N) is 1. The standard InChI is InChI=1S/C32H34ClFN6O5S2/c1-19(23-5-6-24(34)30(29(23)33)45-22-8-10-39(11-9-22)12-13-47(3,42)43)44-27-15-28(46-31(27)32(35)41)40-18-36-25-14-20(4-7-26(25)40)21-16-37-38(2)17-21/h4-7,14-19,22H,8-13H2,1-3H3,(H2,35,41)/t19-/m1/s1. The first-order valence-electron chi connectivity index (χ1n) is 15.0. The van der Waals surface area contributed by atoms with E-state index >= 15 is 0 Å². The van der Waals surface area contributed by atoms with Crippen LogP contribution in [0.1, 0.15) is 41.1 Å². The first-order valence-corrected chi connectivity index (χ1v) is 18.2. The molecule has 11 nitrogen and oxygen atoms in total. The molecular weight excluding hydrogens is 667 g/mol. The van der Waals surface area contributed by atoms with Crippen LogP contribution in [-0.4, -0.2) is 76.3 Å². The number of hydrogen-bond donors (Lipinski definition) is 1. The molecule has 1 saturated heterocycles. The number of hydrogen-bond acceptors (Lipinski definition) is 9. The number of amides is 1. The average molecular weight is 701 g/mol. The molecule has 3 aromatic heterocycles. The van der Waals surface area contributed by atoms with E-state index in [0.29, 0.717) is 43.0 Å². The van der Waals surface area contributed by atoms with Gasteiger partial charge in [0.25, 0.3) is 5.91 Å². The minimum absolute atomic E-state index is 0.0640. The highest BCUT2D eigenvalue weighted by Gasteiger charge is 2.27. The molecule has 248 valence electrons. The molecule has 6 rings (SSSR count). The van der Waals surface area contributed by atoms with Crippen LogP contribution in [0.3, 0.4) is 0 Å². The van der Waals surface area contributed by atoms with Gasteiger partial charge in [-0.25, -0.2) is 17.8 Å². The molecule has 1 atom stereocenters. The molecule has 5 aromatic rings. The maximum Gasteiger partial charge on any atom is 0.262 e. The van der Waals surface area contributed by atoms with Crippen molar-refractivity contribution in [3.63, 3.8) is 0 Å². The van der Waals surface area contributed by atoms with E-state index in [0.717, 1.165) is 22.2 Å². The molecule has 0 spiro atoms. The van der Waals surface area contributed by atoms with Crippen LogP contribution in [0.2, 0.25) is 5.02 Å². The van der Waals surface area contributed by atoms with Gasteiger partial charge in [-0.05, 0) is 43.5 Å².